The summed E-state index contributed by atoms with van der Waals surface area (Å²) in [5, 5.41) is 14.9. The third-order valence-electron chi connectivity index (χ3n) is 2.59. The van der Waals surface area contributed by atoms with Crippen LogP contribution in [-0.2, 0) is 22.5 Å². The van der Waals surface area contributed by atoms with Gasteiger partial charge in [-0.15, -0.1) is 11.3 Å². The molecule has 0 aliphatic carbocycles. The molecule has 0 bridgehead atoms. The first-order valence-corrected chi connectivity index (χ1v) is 7.15. The van der Waals surface area contributed by atoms with Gasteiger partial charge in [0.05, 0.1) is 19.1 Å². The molecule has 1 rings (SSSR count). The van der Waals surface area contributed by atoms with Gasteiger partial charge in [0.2, 0.25) is 0 Å². The average Bonchev–Trinajstić information content (AvgIpc) is 2.76. The minimum Gasteiger partial charge on any atom is -0.466 e. The summed E-state index contributed by atoms with van der Waals surface area (Å²) in [4.78, 5) is 12.4. The minimum atomic E-state index is -0.686. The molecule has 0 aromatic carbocycles. The van der Waals surface area contributed by atoms with E-state index in [2.05, 4.69) is 23.7 Å². The first kappa shape index (κ1) is 15.1. The first-order valence-electron chi connectivity index (χ1n) is 6.27. The molecule has 1 atom stereocenters. The van der Waals surface area contributed by atoms with Crippen LogP contribution in [0.15, 0.2) is 11.4 Å². The molecule has 102 valence electrons. The SMILES string of the molecule is CCOC(=O)CC(O)CNCc1sccc1CC. The first-order chi connectivity index (χ1) is 8.67. The quantitative estimate of drug-likeness (QED) is 0.707. The van der Waals surface area contributed by atoms with Crippen LogP contribution < -0.4 is 5.32 Å². The fourth-order valence-electron chi connectivity index (χ4n) is 1.67. The van der Waals surface area contributed by atoms with Crippen LogP contribution in [0.4, 0.5) is 0 Å². The van der Waals surface area contributed by atoms with Gasteiger partial charge in [0.25, 0.3) is 0 Å². The topological polar surface area (TPSA) is 58.6 Å². The second-order valence-electron chi connectivity index (χ2n) is 4.02. The van der Waals surface area contributed by atoms with Crippen molar-refractivity contribution in [2.24, 2.45) is 0 Å². The van der Waals surface area contributed by atoms with E-state index in [1.54, 1.807) is 18.3 Å². The van der Waals surface area contributed by atoms with Crippen molar-refractivity contribution in [1.82, 2.24) is 5.32 Å². The normalized spacial score (nSPS) is 12.4. The van der Waals surface area contributed by atoms with Gasteiger partial charge >= 0.3 is 5.97 Å². The maximum Gasteiger partial charge on any atom is 0.308 e. The number of carbonyl (C=O) groups is 1. The Morgan fingerprint density at radius 2 is 2.33 bits per heavy atom. The second kappa shape index (κ2) is 8.24. The van der Waals surface area contributed by atoms with Crippen LogP contribution in [0.2, 0.25) is 0 Å². The average molecular weight is 271 g/mol. The molecule has 5 heteroatoms. The van der Waals surface area contributed by atoms with Crippen LogP contribution >= 0.6 is 11.3 Å². The van der Waals surface area contributed by atoms with Crippen LogP contribution in [0.3, 0.4) is 0 Å². The lowest BCUT2D eigenvalue weighted by Gasteiger charge is -2.11. The number of carbonyl (C=O) groups excluding carboxylic acids is 1. The number of aliphatic hydroxyl groups is 1. The molecule has 1 aromatic rings. The maximum absolute atomic E-state index is 11.1. The Balaban J connectivity index is 2.23. The third kappa shape index (κ3) is 5.16. The van der Waals surface area contributed by atoms with Crippen molar-refractivity contribution < 1.29 is 14.6 Å². The fraction of sp³-hybridized carbons (Fsp3) is 0.615. The largest absolute Gasteiger partial charge is 0.466 e. The number of rotatable bonds is 8. The van der Waals surface area contributed by atoms with E-state index in [4.69, 9.17) is 4.74 Å². The lowest BCUT2D eigenvalue weighted by Crippen LogP contribution is -2.29. The number of nitrogens with one attached hydrogen (secondary N) is 1. The molecule has 0 spiro atoms. The van der Waals surface area contributed by atoms with Gasteiger partial charge in [-0.25, -0.2) is 0 Å². The molecule has 1 heterocycles. The van der Waals surface area contributed by atoms with E-state index >= 15 is 0 Å². The molecular formula is C13H21NO3S. The Morgan fingerprint density at radius 1 is 1.56 bits per heavy atom. The van der Waals surface area contributed by atoms with Crippen LogP contribution in [-0.4, -0.2) is 30.3 Å². The van der Waals surface area contributed by atoms with Gasteiger partial charge < -0.3 is 15.2 Å². The molecule has 0 saturated heterocycles. The highest BCUT2D eigenvalue weighted by Crippen LogP contribution is 2.16. The van der Waals surface area contributed by atoms with Crippen LogP contribution in [0, 0.1) is 0 Å². The van der Waals surface area contributed by atoms with Gasteiger partial charge in [0, 0.05) is 18.0 Å². The van der Waals surface area contributed by atoms with Gasteiger partial charge in [-0.05, 0) is 30.4 Å². The summed E-state index contributed by atoms with van der Waals surface area (Å²) in [6.45, 7) is 5.38. The third-order valence-corrected chi connectivity index (χ3v) is 3.55. The lowest BCUT2D eigenvalue weighted by molar-refractivity contribution is -0.145. The highest BCUT2D eigenvalue weighted by atomic mass is 32.1. The molecular weight excluding hydrogens is 250 g/mol. The number of aliphatic hydroxyl groups excluding tert-OH is 1. The maximum atomic E-state index is 11.1. The molecule has 0 fully saturated rings. The molecule has 1 aromatic heterocycles. The Labute approximate surface area is 112 Å². The number of aryl methyl sites for hydroxylation is 1. The second-order valence-corrected chi connectivity index (χ2v) is 5.02. The Morgan fingerprint density at radius 3 is 3.00 bits per heavy atom. The zero-order chi connectivity index (χ0) is 13.4. The van der Waals surface area contributed by atoms with Crippen LogP contribution in [0.1, 0.15) is 30.7 Å². The monoisotopic (exact) mass is 271 g/mol. The molecule has 2 N–H and O–H groups in total. The Kier molecular flexibility index (Phi) is 6.93. The lowest BCUT2D eigenvalue weighted by atomic mass is 10.2. The summed E-state index contributed by atoms with van der Waals surface area (Å²) < 4.78 is 4.78. The Bertz CT molecular complexity index is 365. The molecule has 18 heavy (non-hydrogen) atoms. The molecule has 0 aliphatic rings. The van der Waals surface area contributed by atoms with Gasteiger partial charge in [-0.3, -0.25) is 4.79 Å². The van der Waals surface area contributed by atoms with E-state index in [0.29, 0.717) is 13.2 Å². The highest BCUT2D eigenvalue weighted by molar-refractivity contribution is 7.10. The van der Waals surface area contributed by atoms with Gasteiger partial charge in [-0.1, -0.05) is 6.92 Å². The van der Waals surface area contributed by atoms with Crippen LogP contribution in [0.5, 0.6) is 0 Å². The fourth-order valence-corrected chi connectivity index (χ4v) is 2.62. The molecule has 0 aliphatic heterocycles. The smallest absolute Gasteiger partial charge is 0.308 e. The highest BCUT2D eigenvalue weighted by Gasteiger charge is 2.11. The predicted molar refractivity (Wildman–Crippen MR) is 72.7 cm³/mol. The number of ether oxygens (including phenoxy) is 1. The minimum absolute atomic E-state index is 0.0475. The molecule has 0 radical (unpaired) electrons. The van der Waals surface area contributed by atoms with Gasteiger partial charge in [0.15, 0.2) is 0 Å². The van der Waals surface area contributed by atoms with Crippen molar-refractivity contribution >= 4 is 17.3 Å². The van der Waals surface area contributed by atoms with Gasteiger partial charge in [-0.2, -0.15) is 0 Å². The summed E-state index contributed by atoms with van der Waals surface area (Å²) in [6.07, 6.45) is 0.381. The van der Waals surface area contributed by atoms with Crippen molar-refractivity contribution in [3.8, 4) is 0 Å². The molecule has 4 nitrogen and oxygen atoms in total. The molecule has 1 unspecified atom stereocenters. The zero-order valence-corrected chi connectivity index (χ0v) is 11.8. The van der Waals surface area contributed by atoms with E-state index in [1.807, 2.05) is 0 Å². The van der Waals surface area contributed by atoms with E-state index < -0.39 is 6.10 Å². The summed E-state index contributed by atoms with van der Waals surface area (Å²) in [7, 11) is 0. The van der Waals surface area contributed by atoms with Gasteiger partial charge in [0.1, 0.15) is 0 Å². The summed E-state index contributed by atoms with van der Waals surface area (Å²) in [5.41, 5.74) is 1.34. The molecule has 0 amide bonds. The van der Waals surface area contributed by atoms with Crippen molar-refractivity contribution in [3.63, 3.8) is 0 Å². The van der Waals surface area contributed by atoms with E-state index in [1.165, 1.54) is 10.4 Å². The van der Waals surface area contributed by atoms with E-state index in [9.17, 15) is 9.90 Å². The predicted octanol–water partition coefficient (Wildman–Crippen LogP) is 1.71. The van der Waals surface area contributed by atoms with Crippen molar-refractivity contribution in [2.75, 3.05) is 13.2 Å². The van der Waals surface area contributed by atoms with Crippen LogP contribution in [0.25, 0.3) is 0 Å². The number of thiophene rings is 1. The van der Waals surface area contributed by atoms with E-state index in [-0.39, 0.29) is 12.4 Å². The summed E-state index contributed by atoms with van der Waals surface area (Å²) >= 11 is 1.71. The number of hydrogen-bond donors (Lipinski definition) is 2. The number of hydrogen-bond acceptors (Lipinski definition) is 5. The zero-order valence-electron chi connectivity index (χ0n) is 10.9. The van der Waals surface area contributed by atoms with Crippen molar-refractivity contribution in [1.29, 1.82) is 0 Å². The summed E-state index contributed by atoms with van der Waals surface area (Å²) in [6, 6.07) is 2.12. The standard InChI is InChI=1S/C13H21NO3S/c1-3-10-5-6-18-12(10)9-14-8-11(15)7-13(16)17-4-2/h5-6,11,14-15H,3-4,7-9H2,1-2H3. The Hall–Kier alpha value is -0.910. The van der Waals surface area contributed by atoms with Crippen molar-refractivity contribution in [3.05, 3.63) is 21.9 Å². The van der Waals surface area contributed by atoms with E-state index in [0.717, 1.165) is 13.0 Å². The summed E-state index contributed by atoms with van der Waals surface area (Å²) in [5.74, 6) is -0.350. The molecule has 0 saturated carbocycles. The van der Waals surface area contributed by atoms with Crippen molar-refractivity contribution in [2.45, 2.75) is 39.3 Å². The number of esters is 1.